The van der Waals surface area contributed by atoms with Gasteiger partial charge in [-0.25, -0.2) is 4.79 Å². The van der Waals surface area contributed by atoms with Crippen molar-refractivity contribution in [2.75, 3.05) is 39.1 Å². The molecule has 0 radical (unpaired) electrons. The number of aryl methyl sites for hydroxylation is 1. The Morgan fingerprint density at radius 2 is 1.93 bits per heavy atom. The van der Waals surface area contributed by atoms with Gasteiger partial charge in [-0.1, -0.05) is 30.3 Å². The van der Waals surface area contributed by atoms with Gasteiger partial charge in [-0.2, -0.15) is 0 Å². The van der Waals surface area contributed by atoms with Gasteiger partial charge >= 0.3 is 6.03 Å². The number of nitrogens with one attached hydrogen (secondary N) is 1. The van der Waals surface area contributed by atoms with Gasteiger partial charge in [0, 0.05) is 43.3 Å². The predicted octanol–water partition coefficient (Wildman–Crippen LogP) is 3.77. The van der Waals surface area contributed by atoms with E-state index in [2.05, 4.69) is 48.5 Å². The third kappa shape index (κ3) is 3.39. The van der Waals surface area contributed by atoms with Crippen molar-refractivity contribution in [3.63, 3.8) is 0 Å². The zero-order chi connectivity index (χ0) is 19.0. The number of rotatable bonds is 3. The van der Waals surface area contributed by atoms with Crippen LogP contribution in [-0.2, 0) is 0 Å². The van der Waals surface area contributed by atoms with E-state index in [0.29, 0.717) is 17.9 Å². The third-order valence-corrected chi connectivity index (χ3v) is 6.01. The quantitative estimate of drug-likeness (QED) is 0.901. The fraction of sp³-hybridized carbons (Fsp3) is 0.409. The Hall–Kier alpha value is -2.53. The van der Waals surface area contributed by atoms with Crippen molar-refractivity contribution in [2.45, 2.75) is 13.0 Å². The second kappa shape index (κ2) is 7.24. The van der Waals surface area contributed by atoms with Gasteiger partial charge in [-0.05, 0) is 43.1 Å². The van der Waals surface area contributed by atoms with Crippen LogP contribution in [0.25, 0.3) is 0 Å². The maximum absolute atomic E-state index is 12.8. The molecule has 0 bridgehead atoms. The molecule has 2 heterocycles. The van der Waals surface area contributed by atoms with Gasteiger partial charge in [-0.15, -0.1) is 0 Å². The van der Waals surface area contributed by atoms with Gasteiger partial charge in [0.25, 0.3) is 0 Å². The molecule has 0 aliphatic carbocycles. The number of urea groups is 1. The number of hydrogen-bond donors (Lipinski definition) is 1. The molecular weight excluding hydrogens is 338 g/mol. The lowest BCUT2D eigenvalue weighted by molar-refractivity contribution is 0.205. The lowest BCUT2D eigenvalue weighted by Crippen LogP contribution is -2.36. The van der Waals surface area contributed by atoms with Crippen molar-refractivity contribution in [3.8, 4) is 5.75 Å². The Balaban J connectivity index is 1.48. The average molecular weight is 365 g/mol. The topological polar surface area (TPSA) is 44.8 Å². The molecule has 2 aliphatic heterocycles. The fourth-order valence-electron chi connectivity index (χ4n) is 4.71. The molecule has 5 heteroatoms. The first kappa shape index (κ1) is 17.9. The summed E-state index contributed by atoms with van der Waals surface area (Å²) >= 11 is 0. The number of carbonyl (C=O) groups is 1. The zero-order valence-electron chi connectivity index (χ0n) is 16.2. The number of methoxy groups -OCH3 is 1. The van der Waals surface area contributed by atoms with E-state index < -0.39 is 0 Å². The van der Waals surface area contributed by atoms with Crippen LogP contribution in [0.2, 0.25) is 0 Å². The van der Waals surface area contributed by atoms with E-state index in [9.17, 15) is 4.79 Å². The van der Waals surface area contributed by atoms with Crippen molar-refractivity contribution in [1.29, 1.82) is 0 Å². The molecule has 0 spiro atoms. The van der Waals surface area contributed by atoms with Crippen molar-refractivity contribution >= 4 is 11.7 Å². The molecule has 142 valence electrons. The number of hydrogen-bond acceptors (Lipinski definition) is 3. The van der Waals surface area contributed by atoms with E-state index >= 15 is 0 Å². The van der Waals surface area contributed by atoms with Crippen LogP contribution in [0.15, 0.2) is 48.5 Å². The highest BCUT2D eigenvalue weighted by Crippen LogP contribution is 2.44. The number of carbonyl (C=O) groups excluding carboxylic acids is 1. The number of fused-ring (bicyclic) bond motifs is 1. The van der Waals surface area contributed by atoms with Crippen LogP contribution in [0.4, 0.5) is 10.5 Å². The molecule has 2 amide bonds. The standard InChI is InChI=1S/C22H27N3O2/c1-15-7-4-5-10-19(15)21-20-14-25(13-16(20)12-24(21)2)22(26)23-17-8-6-9-18(11-17)27-3/h4-11,16,20-21H,12-14H2,1-3H3,(H,23,26)/t16-,20+,21+/m0/s1. The van der Waals surface area contributed by atoms with Crippen molar-refractivity contribution < 1.29 is 9.53 Å². The van der Waals surface area contributed by atoms with E-state index in [1.807, 2.05) is 29.2 Å². The van der Waals surface area contributed by atoms with Crippen LogP contribution in [0.3, 0.4) is 0 Å². The summed E-state index contributed by atoms with van der Waals surface area (Å²) in [6.07, 6.45) is 0. The first-order valence-corrected chi connectivity index (χ1v) is 9.52. The molecule has 2 aromatic carbocycles. The maximum atomic E-state index is 12.8. The molecule has 27 heavy (non-hydrogen) atoms. The summed E-state index contributed by atoms with van der Waals surface area (Å²) in [5.74, 6) is 1.75. The summed E-state index contributed by atoms with van der Waals surface area (Å²) in [4.78, 5) is 17.2. The Morgan fingerprint density at radius 1 is 1.11 bits per heavy atom. The second-order valence-corrected chi connectivity index (χ2v) is 7.73. The summed E-state index contributed by atoms with van der Waals surface area (Å²) < 4.78 is 5.24. The summed E-state index contributed by atoms with van der Waals surface area (Å²) in [6.45, 7) is 4.82. The van der Waals surface area contributed by atoms with Crippen LogP contribution in [0.1, 0.15) is 17.2 Å². The van der Waals surface area contributed by atoms with Crippen LogP contribution >= 0.6 is 0 Å². The van der Waals surface area contributed by atoms with E-state index in [-0.39, 0.29) is 6.03 Å². The van der Waals surface area contributed by atoms with Crippen LogP contribution in [0, 0.1) is 18.8 Å². The molecule has 4 rings (SSSR count). The van der Waals surface area contributed by atoms with Gasteiger partial charge < -0.3 is 15.0 Å². The van der Waals surface area contributed by atoms with E-state index in [0.717, 1.165) is 31.1 Å². The first-order valence-electron chi connectivity index (χ1n) is 9.52. The molecular formula is C22H27N3O2. The molecule has 2 fully saturated rings. The molecule has 0 unspecified atom stereocenters. The van der Waals surface area contributed by atoms with Crippen molar-refractivity contribution in [2.24, 2.45) is 11.8 Å². The molecule has 0 saturated carbocycles. The molecule has 1 N–H and O–H groups in total. The van der Waals surface area contributed by atoms with Gasteiger partial charge in [0.1, 0.15) is 5.75 Å². The zero-order valence-corrected chi connectivity index (χ0v) is 16.2. The number of benzene rings is 2. The Kier molecular flexibility index (Phi) is 4.79. The number of likely N-dealkylation sites (tertiary alicyclic amines) is 2. The van der Waals surface area contributed by atoms with E-state index in [1.165, 1.54) is 11.1 Å². The highest BCUT2D eigenvalue weighted by molar-refractivity contribution is 5.89. The Morgan fingerprint density at radius 3 is 2.70 bits per heavy atom. The highest BCUT2D eigenvalue weighted by atomic mass is 16.5. The fourth-order valence-corrected chi connectivity index (χ4v) is 4.71. The normalized spacial score (nSPS) is 24.7. The van der Waals surface area contributed by atoms with Gasteiger partial charge in [-0.3, -0.25) is 4.90 Å². The Labute approximate surface area is 160 Å². The number of ether oxygens (including phenoxy) is 1. The smallest absolute Gasteiger partial charge is 0.321 e. The lowest BCUT2D eigenvalue weighted by atomic mass is 9.88. The number of nitrogens with zero attached hydrogens (tertiary/aromatic N) is 2. The predicted molar refractivity (Wildman–Crippen MR) is 107 cm³/mol. The van der Waals surface area contributed by atoms with E-state index in [4.69, 9.17) is 4.74 Å². The molecule has 5 nitrogen and oxygen atoms in total. The van der Waals surface area contributed by atoms with E-state index in [1.54, 1.807) is 7.11 Å². The molecule has 2 aliphatic rings. The monoisotopic (exact) mass is 365 g/mol. The van der Waals surface area contributed by atoms with Gasteiger partial charge in [0.05, 0.1) is 7.11 Å². The van der Waals surface area contributed by atoms with Gasteiger partial charge in [0.15, 0.2) is 0 Å². The molecule has 2 aromatic rings. The highest BCUT2D eigenvalue weighted by Gasteiger charge is 2.47. The minimum Gasteiger partial charge on any atom is -0.497 e. The van der Waals surface area contributed by atoms with Crippen LogP contribution < -0.4 is 10.1 Å². The summed E-state index contributed by atoms with van der Waals surface area (Å²) in [7, 11) is 3.83. The van der Waals surface area contributed by atoms with Crippen LogP contribution in [0.5, 0.6) is 5.75 Å². The molecule has 2 saturated heterocycles. The average Bonchev–Trinajstić information content (AvgIpc) is 3.19. The molecule has 0 aromatic heterocycles. The summed E-state index contributed by atoms with van der Waals surface area (Å²) in [5.41, 5.74) is 3.49. The molecule has 3 atom stereocenters. The summed E-state index contributed by atoms with van der Waals surface area (Å²) in [6, 6.07) is 16.5. The third-order valence-electron chi connectivity index (χ3n) is 6.01. The minimum absolute atomic E-state index is 0.0242. The Bertz CT molecular complexity index is 838. The maximum Gasteiger partial charge on any atom is 0.321 e. The van der Waals surface area contributed by atoms with Crippen molar-refractivity contribution in [3.05, 3.63) is 59.7 Å². The summed E-state index contributed by atoms with van der Waals surface area (Å²) in [5, 5.41) is 3.02. The SMILES string of the molecule is COc1cccc(NC(=O)N2C[C@@H]3CN(C)[C@H](c4ccccc4C)[C@@H]3C2)c1. The van der Waals surface area contributed by atoms with Crippen molar-refractivity contribution in [1.82, 2.24) is 9.80 Å². The van der Waals surface area contributed by atoms with Crippen LogP contribution in [-0.4, -0.2) is 49.6 Å². The van der Waals surface area contributed by atoms with Gasteiger partial charge in [0.2, 0.25) is 0 Å². The largest absolute Gasteiger partial charge is 0.497 e. The minimum atomic E-state index is -0.0242. The first-order chi connectivity index (χ1) is 13.1. The second-order valence-electron chi connectivity index (χ2n) is 7.73. The number of amides is 2. The lowest BCUT2D eigenvalue weighted by Gasteiger charge is -2.28. The number of anilines is 1.